The molecule has 0 spiro atoms. The summed E-state index contributed by atoms with van der Waals surface area (Å²) >= 11 is 0. The molecule has 1 fully saturated rings. The van der Waals surface area contributed by atoms with E-state index in [1.165, 1.54) is 13.1 Å². The summed E-state index contributed by atoms with van der Waals surface area (Å²) in [6, 6.07) is 10.6. The Labute approximate surface area is 152 Å². The molecule has 2 aromatic rings. The van der Waals surface area contributed by atoms with E-state index >= 15 is 0 Å². The third kappa shape index (κ3) is 3.92. The number of carbonyl (C=O) groups is 1. The molecule has 1 aromatic carbocycles. The topological polar surface area (TPSA) is 65.5 Å². The molecule has 3 atom stereocenters. The van der Waals surface area contributed by atoms with E-state index in [1.807, 2.05) is 30.3 Å². The molecule has 1 amide bonds. The quantitative estimate of drug-likeness (QED) is 0.882. The van der Waals surface area contributed by atoms with Crippen molar-refractivity contribution in [2.24, 2.45) is 0 Å². The summed E-state index contributed by atoms with van der Waals surface area (Å²) in [6.07, 6.45) is 3.26. The van der Waals surface area contributed by atoms with Crippen molar-refractivity contribution in [1.29, 1.82) is 0 Å². The molecule has 0 bridgehead atoms. The van der Waals surface area contributed by atoms with Crippen molar-refractivity contribution in [1.82, 2.24) is 15.2 Å². The number of benzene rings is 1. The number of piperidine rings is 1. The zero-order valence-electron chi connectivity index (χ0n) is 15.0. The van der Waals surface area contributed by atoms with E-state index < -0.39 is 11.6 Å². The molecule has 1 aliphatic heterocycles. The minimum atomic E-state index is -1.06. The molecule has 2 heterocycles. The van der Waals surface area contributed by atoms with Gasteiger partial charge in [0.15, 0.2) is 0 Å². The van der Waals surface area contributed by atoms with Gasteiger partial charge in [0, 0.05) is 31.8 Å². The number of aliphatic hydroxyl groups is 1. The first-order chi connectivity index (χ1) is 12.4. The van der Waals surface area contributed by atoms with Gasteiger partial charge in [0.2, 0.25) is 5.91 Å². The van der Waals surface area contributed by atoms with Gasteiger partial charge in [-0.15, -0.1) is 0 Å². The van der Waals surface area contributed by atoms with E-state index in [-0.39, 0.29) is 17.8 Å². The van der Waals surface area contributed by atoms with Crippen molar-refractivity contribution >= 4 is 5.91 Å². The first kappa shape index (κ1) is 18.5. The maximum atomic E-state index is 14.1. The van der Waals surface area contributed by atoms with Gasteiger partial charge in [-0.3, -0.25) is 14.7 Å². The van der Waals surface area contributed by atoms with E-state index in [0.29, 0.717) is 25.1 Å². The predicted octanol–water partition coefficient (Wildman–Crippen LogP) is 2.42. The standard InChI is InChI=1S/C20H24FN3O2/c1-14(25)23-19-18(15-6-4-3-5-7-15)24(11-9-20(19,2)26)13-16-8-10-22-12-17(16)21/h3-8,10,12,18-19,26H,9,11,13H2,1-2H3,(H,23,25). The number of nitrogens with zero attached hydrogens (tertiary/aromatic N) is 2. The van der Waals surface area contributed by atoms with Crippen molar-refractivity contribution < 1.29 is 14.3 Å². The Bertz CT molecular complexity index is 767. The van der Waals surface area contributed by atoms with Gasteiger partial charge in [0.1, 0.15) is 5.82 Å². The van der Waals surface area contributed by atoms with Crippen molar-refractivity contribution in [3.8, 4) is 0 Å². The van der Waals surface area contributed by atoms with E-state index in [1.54, 1.807) is 19.2 Å². The number of aromatic nitrogens is 1. The van der Waals surface area contributed by atoms with Gasteiger partial charge >= 0.3 is 0 Å². The summed E-state index contributed by atoms with van der Waals surface area (Å²) in [5.41, 5.74) is 0.462. The maximum absolute atomic E-state index is 14.1. The fourth-order valence-corrected chi connectivity index (χ4v) is 3.65. The number of hydrogen-bond acceptors (Lipinski definition) is 4. The van der Waals surface area contributed by atoms with Crippen LogP contribution in [0.4, 0.5) is 4.39 Å². The number of carbonyl (C=O) groups excluding carboxylic acids is 1. The lowest BCUT2D eigenvalue weighted by Gasteiger charge is -2.49. The van der Waals surface area contributed by atoms with Gasteiger partial charge in [0.05, 0.1) is 23.9 Å². The highest BCUT2D eigenvalue weighted by molar-refractivity contribution is 5.73. The molecule has 3 rings (SSSR count). The SMILES string of the molecule is CC(=O)NC1C(c2ccccc2)N(Cc2ccncc2F)CCC1(C)O. The highest BCUT2D eigenvalue weighted by Gasteiger charge is 2.45. The second kappa shape index (κ2) is 7.51. The third-order valence-electron chi connectivity index (χ3n) is 5.01. The van der Waals surface area contributed by atoms with Crippen LogP contribution in [-0.4, -0.2) is 39.1 Å². The lowest BCUT2D eigenvalue weighted by atomic mass is 9.79. The maximum Gasteiger partial charge on any atom is 0.217 e. The first-order valence-electron chi connectivity index (χ1n) is 8.75. The Balaban J connectivity index is 1.99. The monoisotopic (exact) mass is 357 g/mol. The molecule has 26 heavy (non-hydrogen) atoms. The Hall–Kier alpha value is -2.31. The molecular weight excluding hydrogens is 333 g/mol. The van der Waals surface area contributed by atoms with Gasteiger partial charge in [-0.1, -0.05) is 30.3 Å². The van der Waals surface area contributed by atoms with E-state index in [4.69, 9.17) is 0 Å². The van der Waals surface area contributed by atoms with E-state index in [9.17, 15) is 14.3 Å². The summed E-state index contributed by atoms with van der Waals surface area (Å²) in [6.45, 7) is 4.15. The summed E-state index contributed by atoms with van der Waals surface area (Å²) in [5.74, 6) is -0.555. The van der Waals surface area contributed by atoms with Crippen molar-refractivity contribution in [3.05, 3.63) is 65.7 Å². The molecule has 138 valence electrons. The van der Waals surface area contributed by atoms with Crippen LogP contribution in [0.3, 0.4) is 0 Å². The van der Waals surface area contributed by atoms with Crippen molar-refractivity contribution in [3.63, 3.8) is 0 Å². The summed E-state index contributed by atoms with van der Waals surface area (Å²) in [4.78, 5) is 17.7. The number of amides is 1. The zero-order valence-corrected chi connectivity index (χ0v) is 15.0. The Morgan fingerprint density at radius 3 is 2.77 bits per heavy atom. The summed E-state index contributed by atoms with van der Waals surface area (Å²) < 4.78 is 14.1. The van der Waals surface area contributed by atoms with Crippen molar-refractivity contribution in [2.75, 3.05) is 6.54 Å². The van der Waals surface area contributed by atoms with Gasteiger partial charge in [-0.25, -0.2) is 4.39 Å². The second-order valence-corrected chi connectivity index (χ2v) is 7.08. The summed E-state index contributed by atoms with van der Waals surface area (Å²) in [7, 11) is 0. The molecule has 1 aliphatic rings. The van der Waals surface area contributed by atoms with Gasteiger partial charge < -0.3 is 10.4 Å². The van der Waals surface area contributed by atoms with Crippen LogP contribution in [0.15, 0.2) is 48.8 Å². The fourth-order valence-electron chi connectivity index (χ4n) is 3.65. The molecule has 3 unspecified atom stereocenters. The molecule has 1 aromatic heterocycles. The highest BCUT2D eigenvalue weighted by Crippen LogP contribution is 2.38. The Morgan fingerprint density at radius 2 is 2.12 bits per heavy atom. The second-order valence-electron chi connectivity index (χ2n) is 7.08. The number of nitrogens with one attached hydrogen (secondary N) is 1. The van der Waals surface area contributed by atoms with Crippen LogP contribution in [0.2, 0.25) is 0 Å². The van der Waals surface area contributed by atoms with Crippen LogP contribution in [-0.2, 0) is 11.3 Å². The van der Waals surface area contributed by atoms with Crippen LogP contribution >= 0.6 is 0 Å². The van der Waals surface area contributed by atoms with E-state index in [0.717, 1.165) is 5.56 Å². The van der Waals surface area contributed by atoms with Crippen LogP contribution in [0.5, 0.6) is 0 Å². The van der Waals surface area contributed by atoms with Gasteiger partial charge in [-0.2, -0.15) is 0 Å². The van der Waals surface area contributed by atoms with Crippen molar-refractivity contribution in [2.45, 2.75) is 44.5 Å². The molecule has 6 heteroatoms. The molecule has 2 N–H and O–H groups in total. The van der Waals surface area contributed by atoms with Crippen LogP contribution < -0.4 is 5.32 Å². The molecule has 0 radical (unpaired) electrons. The minimum absolute atomic E-state index is 0.201. The fraction of sp³-hybridized carbons (Fsp3) is 0.400. The largest absolute Gasteiger partial charge is 0.388 e. The van der Waals surface area contributed by atoms with Crippen LogP contribution in [0.25, 0.3) is 0 Å². The molecular formula is C20H24FN3O2. The lowest BCUT2D eigenvalue weighted by Crippen LogP contribution is -2.62. The molecule has 5 nitrogen and oxygen atoms in total. The average Bonchev–Trinajstić information content (AvgIpc) is 2.60. The van der Waals surface area contributed by atoms with Crippen LogP contribution in [0, 0.1) is 5.82 Å². The number of pyridine rings is 1. The predicted molar refractivity (Wildman–Crippen MR) is 96.6 cm³/mol. The first-order valence-corrected chi connectivity index (χ1v) is 8.75. The zero-order chi connectivity index (χ0) is 18.7. The third-order valence-corrected chi connectivity index (χ3v) is 5.01. The smallest absolute Gasteiger partial charge is 0.217 e. The van der Waals surface area contributed by atoms with E-state index in [2.05, 4.69) is 15.2 Å². The Morgan fingerprint density at radius 1 is 1.38 bits per heavy atom. The van der Waals surface area contributed by atoms with Crippen LogP contribution in [0.1, 0.15) is 37.4 Å². The Kier molecular flexibility index (Phi) is 5.34. The van der Waals surface area contributed by atoms with Gasteiger partial charge in [0.25, 0.3) is 0 Å². The number of rotatable bonds is 4. The average molecular weight is 357 g/mol. The normalized spacial score (nSPS) is 26.5. The number of hydrogen-bond donors (Lipinski definition) is 2. The lowest BCUT2D eigenvalue weighted by molar-refractivity contribution is -0.126. The number of halogens is 1. The summed E-state index contributed by atoms with van der Waals surface area (Å²) in [5, 5.41) is 13.8. The molecule has 0 saturated carbocycles. The highest BCUT2D eigenvalue weighted by atomic mass is 19.1. The molecule has 1 saturated heterocycles. The molecule has 0 aliphatic carbocycles. The minimum Gasteiger partial charge on any atom is -0.388 e. The van der Waals surface area contributed by atoms with Gasteiger partial charge in [-0.05, 0) is 25.0 Å². The number of likely N-dealkylation sites (tertiary alicyclic amines) is 1.